The third-order valence-corrected chi connectivity index (χ3v) is 2.18. The SMILES string of the molecule is O=C(O)Cc1ccccc1Oc1cc(=O)[nH]cn1. The molecule has 6 heteroatoms. The molecule has 2 aromatic rings. The number of aromatic nitrogens is 2. The van der Waals surface area contributed by atoms with Crippen LogP contribution in [0.2, 0.25) is 0 Å². The van der Waals surface area contributed by atoms with Gasteiger partial charge in [0.2, 0.25) is 5.88 Å². The highest BCUT2D eigenvalue weighted by atomic mass is 16.5. The average Bonchev–Trinajstić information content (AvgIpc) is 2.31. The van der Waals surface area contributed by atoms with Crippen LogP contribution in [0.3, 0.4) is 0 Å². The van der Waals surface area contributed by atoms with Crippen molar-refractivity contribution in [1.82, 2.24) is 9.97 Å². The summed E-state index contributed by atoms with van der Waals surface area (Å²) in [5.41, 5.74) is 0.183. The lowest BCUT2D eigenvalue weighted by atomic mass is 10.1. The molecule has 0 saturated carbocycles. The molecule has 0 saturated heterocycles. The van der Waals surface area contributed by atoms with E-state index in [1.54, 1.807) is 24.3 Å². The van der Waals surface area contributed by atoms with E-state index in [2.05, 4.69) is 9.97 Å². The summed E-state index contributed by atoms with van der Waals surface area (Å²) in [6, 6.07) is 7.90. The first kappa shape index (κ1) is 11.8. The van der Waals surface area contributed by atoms with Crippen LogP contribution in [0.4, 0.5) is 0 Å². The summed E-state index contributed by atoms with van der Waals surface area (Å²) < 4.78 is 5.40. The van der Waals surface area contributed by atoms with Gasteiger partial charge in [-0.25, -0.2) is 4.98 Å². The first-order valence-corrected chi connectivity index (χ1v) is 5.17. The van der Waals surface area contributed by atoms with Gasteiger partial charge in [0.1, 0.15) is 5.75 Å². The van der Waals surface area contributed by atoms with E-state index in [1.165, 1.54) is 12.4 Å². The highest BCUT2D eigenvalue weighted by Crippen LogP contribution is 2.23. The van der Waals surface area contributed by atoms with Gasteiger partial charge in [-0.3, -0.25) is 9.59 Å². The maximum Gasteiger partial charge on any atom is 0.307 e. The van der Waals surface area contributed by atoms with E-state index in [4.69, 9.17) is 9.84 Å². The van der Waals surface area contributed by atoms with Crippen molar-refractivity contribution in [2.24, 2.45) is 0 Å². The van der Waals surface area contributed by atoms with E-state index in [9.17, 15) is 9.59 Å². The summed E-state index contributed by atoms with van der Waals surface area (Å²) >= 11 is 0. The van der Waals surface area contributed by atoms with Crippen molar-refractivity contribution >= 4 is 5.97 Å². The molecule has 0 atom stereocenters. The van der Waals surface area contributed by atoms with E-state index in [1.807, 2.05) is 0 Å². The first-order chi connectivity index (χ1) is 8.65. The molecule has 1 aromatic carbocycles. The zero-order valence-corrected chi connectivity index (χ0v) is 9.29. The molecule has 1 aromatic heterocycles. The van der Waals surface area contributed by atoms with Gasteiger partial charge >= 0.3 is 5.97 Å². The fourth-order valence-corrected chi connectivity index (χ4v) is 1.43. The number of H-pyrrole nitrogens is 1. The van der Waals surface area contributed by atoms with Crippen LogP contribution >= 0.6 is 0 Å². The number of rotatable bonds is 4. The zero-order valence-electron chi connectivity index (χ0n) is 9.29. The lowest BCUT2D eigenvalue weighted by molar-refractivity contribution is -0.136. The van der Waals surface area contributed by atoms with E-state index < -0.39 is 5.97 Å². The Labute approximate surface area is 102 Å². The fraction of sp³-hybridized carbons (Fsp3) is 0.0833. The van der Waals surface area contributed by atoms with Gasteiger partial charge in [-0.1, -0.05) is 18.2 Å². The molecular formula is C12H10N2O4. The van der Waals surface area contributed by atoms with Crippen LogP contribution in [-0.2, 0) is 11.2 Å². The number of nitrogens with zero attached hydrogens (tertiary/aromatic N) is 1. The predicted octanol–water partition coefficient (Wildman–Crippen LogP) is 1.19. The minimum atomic E-state index is -0.954. The smallest absolute Gasteiger partial charge is 0.307 e. The Morgan fingerprint density at radius 2 is 2.17 bits per heavy atom. The van der Waals surface area contributed by atoms with Gasteiger partial charge in [0.25, 0.3) is 5.56 Å². The van der Waals surface area contributed by atoms with Crippen molar-refractivity contribution in [2.45, 2.75) is 6.42 Å². The largest absolute Gasteiger partial charge is 0.481 e. The van der Waals surface area contributed by atoms with Crippen molar-refractivity contribution in [1.29, 1.82) is 0 Å². The van der Waals surface area contributed by atoms with Crippen molar-refractivity contribution in [3.8, 4) is 11.6 Å². The minimum absolute atomic E-state index is 0.122. The summed E-state index contributed by atoms with van der Waals surface area (Å²) in [5, 5.41) is 8.78. The number of carboxylic acids is 1. The summed E-state index contributed by atoms with van der Waals surface area (Å²) in [5.74, 6) is -0.459. The van der Waals surface area contributed by atoms with Gasteiger partial charge < -0.3 is 14.8 Å². The fourth-order valence-electron chi connectivity index (χ4n) is 1.43. The van der Waals surface area contributed by atoms with Crippen LogP contribution in [0.15, 0.2) is 41.5 Å². The average molecular weight is 246 g/mol. The molecule has 0 fully saturated rings. The first-order valence-electron chi connectivity index (χ1n) is 5.17. The van der Waals surface area contributed by atoms with Crippen LogP contribution in [-0.4, -0.2) is 21.0 Å². The van der Waals surface area contributed by atoms with E-state index in [-0.39, 0.29) is 17.9 Å². The Bertz CT molecular complexity index is 621. The Balaban J connectivity index is 2.28. The van der Waals surface area contributed by atoms with Gasteiger partial charge in [0.05, 0.1) is 18.8 Å². The molecule has 0 bridgehead atoms. The number of para-hydroxylation sites is 1. The van der Waals surface area contributed by atoms with Crippen molar-refractivity contribution < 1.29 is 14.6 Å². The topological polar surface area (TPSA) is 92.3 Å². The molecule has 1 heterocycles. The second-order valence-corrected chi connectivity index (χ2v) is 3.53. The Hall–Kier alpha value is -2.63. The van der Waals surface area contributed by atoms with Crippen LogP contribution in [0, 0.1) is 0 Å². The van der Waals surface area contributed by atoms with Crippen LogP contribution < -0.4 is 10.3 Å². The van der Waals surface area contributed by atoms with E-state index in [0.29, 0.717) is 11.3 Å². The Morgan fingerprint density at radius 3 is 2.89 bits per heavy atom. The second-order valence-electron chi connectivity index (χ2n) is 3.53. The molecule has 0 spiro atoms. The maximum absolute atomic E-state index is 11.1. The molecule has 0 aliphatic carbocycles. The number of ether oxygens (including phenoxy) is 1. The van der Waals surface area contributed by atoms with Crippen molar-refractivity contribution in [3.05, 3.63) is 52.6 Å². The molecule has 0 aliphatic heterocycles. The number of aromatic amines is 1. The molecule has 6 nitrogen and oxygen atoms in total. The number of benzene rings is 1. The number of carbonyl (C=O) groups is 1. The van der Waals surface area contributed by atoms with Crippen molar-refractivity contribution in [3.63, 3.8) is 0 Å². The highest BCUT2D eigenvalue weighted by Gasteiger charge is 2.08. The normalized spacial score (nSPS) is 10.0. The zero-order chi connectivity index (χ0) is 13.0. The van der Waals surface area contributed by atoms with Gasteiger partial charge in [-0.2, -0.15) is 0 Å². The van der Waals surface area contributed by atoms with Crippen LogP contribution in [0.5, 0.6) is 11.6 Å². The number of aliphatic carboxylic acids is 1. The lowest BCUT2D eigenvalue weighted by Gasteiger charge is -2.08. The van der Waals surface area contributed by atoms with Gasteiger partial charge in [-0.05, 0) is 6.07 Å². The Kier molecular flexibility index (Phi) is 3.38. The molecule has 0 amide bonds. The molecule has 92 valence electrons. The summed E-state index contributed by atoms with van der Waals surface area (Å²) in [4.78, 5) is 28.0. The highest BCUT2D eigenvalue weighted by molar-refractivity contribution is 5.71. The van der Waals surface area contributed by atoms with Crippen LogP contribution in [0.1, 0.15) is 5.56 Å². The summed E-state index contributed by atoms with van der Waals surface area (Å²) in [6.45, 7) is 0. The molecule has 0 radical (unpaired) electrons. The molecule has 0 unspecified atom stereocenters. The van der Waals surface area contributed by atoms with E-state index in [0.717, 1.165) is 0 Å². The predicted molar refractivity (Wildman–Crippen MR) is 62.7 cm³/mol. The molecule has 18 heavy (non-hydrogen) atoms. The second kappa shape index (κ2) is 5.13. The standard InChI is InChI=1S/C12H10N2O4/c15-10-6-11(14-7-13-10)18-9-4-2-1-3-8(9)5-12(16)17/h1-4,6-7H,5H2,(H,16,17)(H,13,14,15). The van der Waals surface area contributed by atoms with Gasteiger partial charge in [0.15, 0.2) is 0 Å². The van der Waals surface area contributed by atoms with Crippen LogP contribution in [0.25, 0.3) is 0 Å². The molecule has 0 aliphatic rings. The summed E-state index contributed by atoms with van der Waals surface area (Å²) in [7, 11) is 0. The summed E-state index contributed by atoms with van der Waals surface area (Å²) in [6.07, 6.45) is 1.07. The number of carboxylic acid groups (broad SMARTS) is 1. The Morgan fingerprint density at radius 1 is 1.39 bits per heavy atom. The molecule has 2 N–H and O–H groups in total. The maximum atomic E-state index is 11.1. The third-order valence-electron chi connectivity index (χ3n) is 2.18. The monoisotopic (exact) mass is 246 g/mol. The van der Waals surface area contributed by atoms with E-state index >= 15 is 0 Å². The number of hydrogen-bond acceptors (Lipinski definition) is 4. The van der Waals surface area contributed by atoms with Gasteiger partial charge in [-0.15, -0.1) is 0 Å². The number of hydrogen-bond donors (Lipinski definition) is 2. The van der Waals surface area contributed by atoms with Gasteiger partial charge in [0, 0.05) is 5.56 Å². The third kappa shape index (κ3) is 2.94. The quantitative estimate of drug-likeness (QED) is 0.845. The number of nitrogens with one attached hydrogen (secondary N) is 1. The molecular weight excluding hydrogens is 236 g/mol. The minimum Gasteiger partial charge on any atom is -0.481 e. The molecule has 2 rings (SSSR count). The van der Waals surface area contributed by atoms with Crippen molar-refractivity contribution in [2.75, 3.05) is 0 Å². The lowest BCUT2D eigenvalue weighted by Crippen LogP contribution is -2.06.